The number of alkyl halides is 3. The highest BCUT2D eigenvalue weighted by atomic mass is 35.5. The molecule has 0 unspecified atom stereocenters. The molecule has 0 saturated carbocycles. The Morgan fingerprint density at radius 1 is 1.10 bits per heavy atom. The number of hydrogen-bond donors (Lipinski definition) is 2. The van der Waals surface area contributed by atoms with Crippen LogP contribution in [0.2, 0.25) is 5.02 Å². The second kappa shape index (κ2) is 11.1. The minimum absolute atomic E-state index is 0.00225. The number of halogens is 4. The minimum atomic E-state index is -4.83. The molecule has 9 nitrogen and oxygen atoms in total. The first kappa shape index (κ1) is 28.5. The van der Waals surface area contributed by atoms with Crippen LogP contribution in [-0.4, -0.2) is 52.1 Å². The molecule has 1 fully saturated rings. The highest BCUT2D eigenvalue weighted by molar-refractivity contribution is 6.40. The zero-order valence-corrected chi connectivity index (χ0v) is 22.8. The molecule has 1 saturated heterocycles. The van der Waals surface area contributed by atoms with Crippen molar-refractivity contribution in [2.75, 3.05) is 25.1 Å². The Bertz CT molecular complexity index is 1630. The molecule has 214 valence electrons. The Morgan fingerprint density at radius 3 is 2.51 bits per heavy atom. The van der Waals surface area contributed by atoms with Gasteiger partial charge in [-0.3, -0.25) is 9.59 Å². The number of benzene rings is 2. The van der Waals surface area contributed by atoms with Gasteiger partial charge in [-0.2, -0.15) is 18.3 Å². The lowest BCUT2D eigenvalue weighted by Crippen LogP contribution is -2.43. The van der Waals surface area contributed by atoms with E-state index >= 15 is 0 Å². The Balaban J connectivity index is 1.56. The predicted molar refractivity (Wildman–Crippen MR) is 145 cm³/mol. The lowest BCUT2D eigenvalue weighted by molar-refractivity contribution is -0.153. The van der Waals surface area contributed by atoms with Gasteiger partial charge in [-0.05, 0) is 30.0 Å². The van der Waals surface area contributed by atoms with E-state index < -0.39 is 35.2 Å². The van der Waals surface area contributed by atoms with Gasteiger partial charge in [-0.1, -0.05) is 48.9 Å². The normalized spacial score (nSPS) is 14.8. The summed E-state index contributed by atoms with van der Waals surface area (Å²) < 4.78 is 53.1. The molecule has 5 rings (SSSR count). The van der Waals surface area contributed by atoms with E-state index in [9.17, 15) is 22.8 Å². The van der Waals surface area contributed by atoms with Crippen molar-refractivity contribution in [2.45, 2.75) is 32.2 Å². The maximum Gasteiger partial charge on any atom is 0.435 e. The first-order valence-corrected chi connectivity index (χ1v) is 13.1. The topological polar surface area (TPSA) is 107 Å². The fraction of sp³-hybridized carbons (Fsp3) is 0.286. The van der Waals surface area contributed by atoms with E-state index in [1.54, 1.807) is 49.4 Å². The van der Waals surface area contributed by atoms with Crippen LogP contribution in [0.3, 0.4) is 0 Å². The minimum Gasteiger partial charge on any atom is -0.347 e. The molecule has 41 heavy (non-hydrogen) atoms. The van der Waals surface area contributed by atoms with Crippen molar-refractivity contribution >= 4 is 39.9 Å². The molecule has 0 bridgehead atoms. The van der Waals surface area contributed by atoms with E-state index in [-0.39, 0.29) is 28.6 Å². The molecule has 2 N–H and O–H groups in total. The number of aromatic nitrogens is 3. The molecule has 0 aliphatic carbocycles. The summed E-state index contributed by atoms with van der Waals surface area (Å²) in [6.07, 6.45) is -2.97. The summed E-state index contributed by atoms with van der Waals surface area (Å²) in [6, 6.07) is 12.3. The summed E-state index contributed by atoms with van der Waals surface area (Å²) in [5, 5.41) is 10.1. The van der Waals surface area contributed by atoms with Gasteiger partial charge < -0.3 is 20.1 Å². The van der Waals surface area contributed by atoms with Crippen molar-refractivity contribution in [3.05, 3.63) is 82.3 Å². The third-order valence-corrected chi connectivity index (χ3v) is 7.15. The first-order chi connectivity index (χ1) is 19.5. The predicted octanol–water partition coefficient (Wildman–Crippen LogP) is 5.54. The molecular formula is C28H25ClF3N5O4. The quantitative estimate of drug-likeness (QED) is 0.294. The molecule has 2 aromatic carbocycles. The fourth-order valence-corrected chi connectivity index (χ4v) is 4.88. The Kier molecular flexibility index (Phi) is 7.73. The van der Waals surface area contributed by atoms with Crippen molar-refractivity contribution in [1.82, 2.24) is 20.1 Å². The molecule has 1 aliphatic rings. The molecule has 1 aliphatic heterocycles. The summed E-state index contributed by atoms with van der Waals surface area (Å²) in [5.41, 5.74) is -1.32. The molecule has 2 amide bonds. The van der Waals surface area contributed by atoms with Gasteiger partial charge in [0.25, 0.3) is 11.8 Å². The van der Waals surface area contributed by atoms with Crippen LogP contribution in [-0.2, 0) is 15.7 Å². The summed E-state index contributed by atoms with van der Waals surface area (Å²) in [6.45, 7) is 4.29. The van der Waals surface area contributed by atoms with Crippen molar-refractivity contribution < 1.29 is 32.2 Å². The zero-order chi connectivity index (χ0) is 29.4. The third kappa shape index (κ3) is 5.63. The summed E-state index contributed by atoms with van der Waals surface area (Å²) in [5.74, 6) is -2.51. The number of ether oxygens (including phenoxy) is 2. The molecular weight excluding hydrogens is 563 g/mol. The first-order valence-electron chi connectivity index (χ1n) is 12.7. The van der Waals surface area contributed by atoms with Crippen molar-refractivity contribution in [2.24, 2.45) is 0 Å². The van der Waals surface area contributed by atoms with Gasteiger partial charge in [0, 0.05) is 24.1 Å². The number of nitrogens with one attached hydrogen (secondary N) is 2. The van der Waals surface area contributed by atoms with Crippen LogP contribution >= 0.6 is 11.6 Å². The monoisotopic (exact) mass is 587 g/mol. The molecule has 4 aromatic rings. The Morgan fingerprint density at radius 2 is 1.83 bits per heavy atom. The van der Waals surface area contributed by atoms with E-state index in [0.717, 1.165) is 4.68 Å². The lowest BCUT2D eigenvalue weighted by atomic mass is 10.0. The van der Waals surface area contributed by atoms with Crippen molar-refractivity contribution in [3.8, 4) is 5.82 Å². The van der Waals surface area contributed by atoms with E-state index in [1.165, 1.54) is 6.20 Å². The van der Waals surface area contributed by atoms with Crippen molar-refractivity contribution in [3.63, 3.8) is 0 Å². The Hall–Kier alpha value is -4.00. The molecule has 0 spiro atoms. The van der Waals surface area contributed by atoms with Crippen LogP contribution in [0, 0.1) is 6.92 Å². The van der Waals surface area contributed by atoms with E-state index in [2.05, 4.69) is 20.7 Å². The fourth-order valence-electron chi connectivity index (χ4n) is 4.56. The number of hydrogen-bond acceptors (Lipinski definition) is 6. The van der Waals surface area contributed by atoms with Gasteiger partial charge in [-0.15, -0.1) is 0 Å². The van der Waals surface area contributed by atoms with Crippen LogP contribution in [0.25, 0.3) is 16.6 Å². The average molecular weight is 588 g/mol. The summed E-state index contributed by atoms with van der Waals surface area (Å²) in [7, 11) is 0. The van der Waals surface area contributed by atoms with Gasteiger partial charge in [-0.25, -0.2) is 9.67 Å². The van der Waals surface area contributed by atoms with Crippen molar-refractivity contribution in [1.29, 1.82) is 0 Å². The molecule has 3 heterocycles. The number of anilines is 1. The van der Waals surface area contributed by atoms with Gasteiger partial charge in [0.15, 0.2) is 17.3 Å². The molecule has 2 aromatic heterocycles. The third-order valence-electron chi connectivity index (χ3n) is 6.75. The van der Waals surface area contributed by atoms with Gasteiger partial charge in [0.1, 0.15) is 5.69 Å². The SMILES string of the molecule is CCC1(CNC(=O)c2cc3ccccc3c(Cl)c2NC(=O)c2cc(C(F)(F)F)nn2-c2ncccc2C)OCCO1. The van der Waals surface area contributed by atoms with E-state index in [1.807, 2.05) is 6.92 Å². The number of fused-ring (bicyclic) bond motifs is 1. The smallest absolute Gasteiger partial charge is 0.347 e. The maximum atomic E-state index is 13.6. The number of carbonyl (C=O) groups is 2. The second-order valence-electron chi connectivity index (χ2n) is 9.40. The van der Waals surface area contributed by atoms with Crippen LogP contribution in [0.1, 0.15) is 45.4 Å². The number of aryl methyl sites for hydroxylation is 1. The standard InChI is InChI=1S/C28H25ClF3N5O4/c1-3-27(40-11-12-41-27)15-34-25(38)19-13-17-8-4-5-9-18(17)22(29)23(19)35-26(39)20-14-21(28(30,31)32)36-37(20)24-16(2)7-6-10-33-24/h4-10,13-14H,3,11-12,15H2,1-2H3,(H,34,38)(H,35,39). The zero-order valence-electron chi connectivity index (χ0n) is 22.0. The van der Waals surface area contributed by atoms with Crippen LogP contribution in [0.4, 0.5) is 18.9 Å². The van der Waals surface area contributed by atoms with E-state index in [0.29, 0.717) is 42.0 Å². The molecule has 13 heteroatoms. The number of carbonyl (C=O) groups excluding carboxylic acids is 2. The number of nitrogens with zero attached hydrogens (tertiary/aromatic N) is 3. The van der Waals surface area contributed by atoms with Gasteiger partial charge in [0.05, 0.1) is 36.0 Å². The maximum absolute atomic E-state index is 13.6. The highest BCUT2D eigenvalue weighted by Crippen LogP contribution is 2.36. The summed E-state index contributed by atoms with van der Waals surface area (Å²) in [4.78, 5) is 31.2. The van der Waals surface area contributed by atoms with Crippen LogP contribution in [0.15, 0.2) is 54.7 Å². The lowest BCUT2D eigenvalue weighted by Gasteiger charge is -2.26. The number of pyridine rings is 1. The average Bonchev–Trinajstić information content (AvgIpc) is 3.62. The van der Waals surface area contributed by atoms with Crippen LogP contribution in [0.5, 0.6) is 0 Å². The number of rotatable bonds is 7. The van der Waals surface area contributed by atoms with E-state index in [4.69, 9.17) is 21.1 Å². The number of amides is 2. The highest BCUT2D eigenvalue weighted by Gasteiger charge is 2.37. The molecule has 0 atom stereocenters. The molecule has 0 radical (unpaired) electrons. The second-order valence-corrected chi connectivity index (χ2v) is 9.78. The van der Waals surface area contributed by atoms with Crippen LogP contribution < -0.4 is 10.6 Å². The van der Waals surface area contributed by atoms with Gasteiger partial charge in [0.2, 0.25) is 0 Å². The summed E-state index contributed by atoms with van der Waals surface area (Å²) >= 11 is 6.71. The Labute approximate surface area is 237 Å². The van der Waals surface area contributed by atoms with Gasteiger partial charge >= 0.3 is 6.18 Å². The largest absolute Gasteiger partial charge is 0.435 e.